The molecule has 5 rings (SSSR count). The van der Waals surface area contributed by atoms with Crippen molar-refractivity contribution in [3.8, 4) is 5.75 Å². The number of carbonyl (C=O) groups is 6. The zero-order chi connectivity index (χ0) is 49.3. The van der Waals surface area contributed by atoms with Crippen molar-refractivity contribution in [2.45, 2.75) is 150 Å². The summed E-state index contributed by atoms with van der Waals surface area (Å²) >= 11 is 1.61. The average molecular weight is 957 g/mol. The highest BCUT2D eigenvalue weighted by Gasteiger charge is 2.50. The first-order valence-corrected chi connectivity index (χ1v) is 26.9. The summed E-state index contributed by atoms with van der Waals surface area (Å²) in [7, 11) is -2.60. The molecular formula is C52H68N2O11SSi. The number of aryl methyl sites for hydroxylation is 1. The molecule has 2 aliphatic heterocycles. The van der Waals surface area contributed by atoms with Crippen molar-refractivity contribution in [1.29, 1.82) is 0 Å². The first-order valence-electron chi connectivity index (χ1n) is 23.2. The minimum Gasteiger partial charge on any atom is -0.457 e. The maximum absolute atomic E-state index is 15.3. The molecular weight excluding hydrogens is 889 g/mol. The fourth-order valence-corrected chi connectivity index (χ4v) is 10.3. The SMILES string of the molecule is C=CC[C@H]1C(=O)C(C)(C)[C@@H](O[Si](C)(C)C(C)(C)C)CC(=O)O[C@H](c2ccc3sc(C)nc3c2)CC=C(C)CCC[C@H](C)[C@@H]1OC(=O)OCc1ccc(OC(=O)CCCN2C(=O)C=CC2=O)cc1. The van der Waals surface area contributed by atoms with Gasteiger partial charge in [0, 0.05) is 37.0 Å². The number of cyclic esters (lactones) is 1. The Kier molecular flexibility index (Phi) is 17.9. The van der Waals surface area contributed by atoms with Crippen molar-refractivity contribution in [1.82, 2.24) is 9.88 Å². The largest absolute Gasteiger partial charge is 0.508 e. The van der Waals surface area contributed by atoms with Gasteiger partial charge >= 0.3 is 18.1 Å². The van der Waals surface area contributed by atoms with Gasteiger partial charge in [-0.1, -0.05) is 77.5 Å². The van der Waals surface area contributed by atoms with Gasteiger partial charge in [-0.25, -0.2) is 9.78 Å². The molecule has 0 saturated heterocycles. The summed E-state index contributed by atoms with van der Waals surface area (Å²) in [6.45, 7) is 24.1. The third-order valence-corrected chi connectivity index (χ3v) is 18.7. The van der Waals surface area contributed by atoms with Crippen molar-refractivity contribution in [2.75, 3.05) is 6.54 Å². The Hall–Kier alpha value is -5.25. The lowest BCUT2D eigenvalue weighted by Gasteiger charge is -2.45. The van der Waals surface area contributed by atoms with Crippen LogP contribution in [0.1, 0.15) is 122 Å². The molecule has 0 radical (unpaired) electrons. The highest BCUT2D eigenvalue weighted by atomic mass is 32.1. The molecule has 0 N–H and O–H groups in total. The van der Waals surface area contributed by atoms with E-state index < -0.39 is 67.9 Å². The van der Waals surface area contributed by atoms with Crippen LogP contribution in [0.2, 0.25) is 18.1 Å². The molecule has 1 aromatic heterocycles. The second-order valence-electron chi connectivity index (χ2n) is 19.9. The molecule has 362 valence electrons. The lowest BCUT2D eigenvalue weighted by Crippen LogP contribution is -2.53. The van der Waals surface area contributed by atoms with Gasteiger partial charge in [0.05, 0.1) is 33.7 Å². The summed E-state index contributed by atoms with van der Waals surface area (Å²) in [4.78, 5) is 84.9. The fourth-order valence-electron chi connectivity index (χ4n) is 8.08. The van der Waals surface area contributed by atoms with E-state index in [1.165, 1.54) is 12.2 Å². The Balaban J connectivity index is 1.35. The zero-order valence-corrected chi connectivity index (χ0v) is 42.6. The number of allylic oxidation sites excluding steroid dienone is 2. The zero-order valence-electron chi connectivity index (χ0n) is 40.8. The molecule has 67 heavy (non-hydrogen) atoms. The van der Waals surface area contributed by atoms with Crippen LogP contribution in [0, 0.1) is 24.2 Å². The molecule has 0 fully saturated rings. The number of imide groups is 1. The number of hydrogen-bond donors (Lipinski definition) is 0. The Morgan fingerprint density at radius 3 is 2.37 bits per heavy atom. The van der Waals surface area contributed by atoms with Crippen LogP contribution in [0.15, 0.2) is 78.9 Å². The van der Waals surface area contributed by atoms with Gasteiger partial charge in [-0.2, -0.15) is 0 Å². The Labute approximate surface area is 400 Å². The quantitative estimate of drug-likeness (QED) is 0.0524. The Bertz CT molecular complexity index is 2340. The van der Waals surface area contributed by atoms with E-state index in [9.17, 15) is 24.0 Å². The summed E-state index contributed by atoms with van der Waals surface area (Å²) in [5, 5.41) is 0.709. The van der Waals surface area contributed by atoms with Crippen molar-refractivity contribution < 1.29 is 52.1 Å². The molecule has 2 amide bonds. The maximum atomic E-state index is 15.3. The van der Waals surface area contributed by atoms with E-state index in [4.69, 9.17) is 28.4 Å². The summed E-state index contributed by atoms with van der Waals surface area (Å²) < 4.78 is 31.7. The minimum atomic E-state index is -2.60. The van der Waals surface area contributed by atoms with Gasteiger partial charge in [0.2, 0.25) is 0 Å². The number of ketones is 1. The number of thiazole rings is 1. The molecule has 0 spiro atoms. The highest BCUT2D eigenvalue weighted by molar-refractivity contribution is 7.18. The number of Topliss-reactive ketones (excluding diaryl/α,β-unsaturated/α-hetero) is 1. The molecule has 0 saturated carbocycles. The van der Waals surface area contributed by atoms with Gasteiger partial charge < -0.3 is 23.4 Å². The number of esters is 2. The van der Waals surface area contributed by atoms with Gasteiger partial charge in [0.1, 0.15) is 30.3 Å². The topological polar surface area (TPSA) is 165 Å². The number of aromatic nitrogens is 1. The van der Waals surface area contributed by atoms with E-state index in [-0.39, 0.29) is 61.3 Å². The molecule has 15 heteroatoms. The number of nitrogens with zero attached hydrogens (tertiary/aromatic N) is 2. The molecule has 2 aromatic carbocycles. The van der Waals surface area contributed by atoms with E-state index in [1.54, 1.807) is 55.5 Å². The number of fused-ring (bicyclic) bond motifs is 1. The molecule has 13 nitrogen and oxygen atoms in total. The predicted octanol–water partition coefficient (Wildman–Crippen LogP) is 11.2. The van der Waals surface area contributed by atoms with Gasteiger partial charge in [0.15, 0.2) is 8.32 Å². The van der Waals surface area contributed by atoms with E-state index in [0.717, 1.165) is 44.1 Å². The second kappa shape index (κ2) is 22.7. The number of ether oxygens (including phenoxy) is 4. The lowest BCUT2D eigenvalue weighted by atomic mass is 9.71. The van der Waals surface area contributed by atoms with E-state index in [1.807, 2.05) is 32.0 Å². The van der Waals surface area contributed by atoms with Crippen LogP contribution in [0.5, 0.6) is 5.75 Å². The maximum Gasteiger partial charge on any atom is 0.508 e. The lowest BCUT2D eigenvalue weighted by molar-refractivity contribution is -0.155. The first-order chi connectivity index (χ1) is 31.5. The molecule has 0 bridgehead atoms. The van der Waals surface area contributed by atoms with Gasteiger partial charge in [0.25, 0.3) is 11.8 Å². The van der Waals surface area contributed by atoms with E-state index in [0.29, 0.717) is 18.4 Å². The molecule has 0 unspecified atom stereocenters. The van der Waals surface area contributed by atoms with Crippen molar-refractivity contribution in [3.05, 3.63) is 95.1 Å². The minimum absolute atomic E-state index is 0.000731. The summed E-state index contributed by atoms with van der Waals surface area (Å²) in [6.07, 6.45) is 5.73. The third-order valence-electron chi connectivity index (χ3n) is 13.2. The summed E-state index contributed by atoms with van der Waals surface area (Å²) in [6, 6.07) is 12.4. The third kappa shape index (κ3) is 14.1. The molecule has 0 aliphatic carbocycles. The van der Waals surface area contributed by atoms with Gasteiger partial charge in [-0.15, -0.1) is 17.9 Å². The van der Waals surface area contributed by atoms with Crippen LogP contribution in [0.4, 0.5) is 4.79 Å². The number of benzene rings is 2. The van der Waals surface area contributed by atoms with Crippen LogP contribution in [0.3, 0.4) is 0 Å². The van der Waals surface area contributed by atoms with Gasteiger partial charge in [-0.3, -0.25) is 28.9 Å². The van der Waals surface area contributed by atoms with Crippen LogP contribution < -0.4 is 4.74 Å². The van der Waals surface area contributed by atoms with Crippen molar-refractivity contribution in [2.24, 2.45) is 17.3 Å². The predicted molar refractivity (Wildman–Crippen MR) is 261 cm³/mol. The van der Waals surface area contributed by atoms with Gasteiger partial charge in [-0.05, 0) is 105 Å². The monoisotopic (exact) mass is 956 g/mol. The van der Waals surface area contributed by atoms with Crippen LogP contribution in [-0.2, 0) is 49.2 Å². The molecule has 3 aromatic rings. The summed E-state index contributed by atoms with van der Waals surface area (Å²) in [5.41, 5.74) is 2.17. The second-order valence-corrected chi connectivity index (χ2v) is 25.9. The van der Waals surface area contributed by atoms with Crippen molar-refractivity contribution in [3.63, 3.8) is 0 Å². The standard InChI is InChI=1S/C52H68N2O11SSi/c1-12-15-39-48(64-50(60)61-32-36-20-23-38(24-21-36)62-46(57)18-14-29-54-44(55)27-28-45(54)56)34(3)17-13-16-33(2)19-25-41(37-22-26-42-40(30-37)53-35(4)66-42)63-47(58)31-43(52(8,9)49(39)59)65-67(10,11)51(5,6)7/h12,19-24,26-28,30,34,39,41,43,48H,1,13-18,25,29,31-32H2,2-11H3/t34-,39+,41-,43-,48-/m0/s1. The van der Waals surface area contributed by atoms with Crippen LogP contribution >= 0.6 is 11.3 Å². The van der Waals surface area contributed by atoms with E-state index >= 15 is 4.79 Å². The van der Waals surface area contributed by atoms with Crippen LogP contribution in [0.25, 0.3) is 10.2 Å². The average Bonchev–Trinajstić information content (AvgIpc) is 3.80. The fraction of sp³-hybridized carbons (Fsp3) is 0.519. The number of carbonyl (C=O) groups excluding carboxylic acids is 6. The Morgan fingerprint density at radius 1 is 1.03 bits per heavy atom. The highest BCUT2D eigenvalue weighted by Crippen LogP contribution is 2.43. The van der Waals surface area contributed by atoms with Crippen LogP contribution in [-0.4, -0.2) is 72.6 Å². The van der Waals surface area contributed by atoms with Crippen molar-refractivity contribution >= 4 is 65.6 Å². The smallest absolute Gasteiger partial charge is 0.457 e. The molecule has 5 atom stereocenters. The molecule has 2 aliphatic rings. The summed E-state index contributed by atoms with van der Waals surface area (Å²) in [5.74, 6) is -2.89. The number of amides is 2. The first kappa shape index (κ1) is 52.7. The number of hydrogen-bond acceptors (Lipinski definition) is 13. The normalized spacial score (nSPS) is 22.3. The van der Waals surface area contributed by atoms with E-state index in [2.05, 4.69) is 53.4 Å². The Morgan fingerprint density at radius 2 is 1.72 bits per heavy atom. The number of rotatable bonds is 13. The molecule has 3 heterocycles.